The molecule has 5 nitrogen and oxygen atoms in total. The number of aromatic amines is 1. The van der Waals surface area contributed by atoms with Crippen molar-refractivity contribution in [3.8, 4) is 0 Å². The molecule has 0 aliphatic heterocycles. The maximum absolute atomic E-state index is 11.1. The number of rotatable bonds is 3. The topological polar surface area (TPSA) is 75.2 Å². The van der Waals surface area contributed by atoms with E-state index >= 15 is 0 Å². The number of fused-ring (bicyclic) bond motifs is 3. The largest absolute Gasteiger partial charge is 0.477 e. The molecule has 5 heteroatoms. The SMILES string of the molecule is COCc1nc(C(=O)O)cc2c1[nH]c1ccccc12. The molecule has 1 aromatic carbocycles. The van der Waals surface area contributed by atoms with E-state index in [9.17, 15) is 4.79 Å². The summed E-state index contributed by atoms with van der Waals surface area (Å²) < 4.78 is 5.09. The predicted molar refractivity (Wildman–Crippen MR) is 71.3 cm³/mol. The van der Waals surface area contributed by atoms with Gasteiger partial charge in [0.15, 0.2) is 0 Å². The molecule has 2 N–H and O–H groups in total. The molecule has 0 aliphatic rings. The van der Waals surface area contributed by atoms with Gasteiger partial charge in [-0.3, -0.25) is 0 Å². The summed E-state index contributed by atoms with van der Waals surface area (Å²) in [6.07, 6.45) is 0. The summed E-state index contributed by atoms with van der Waals surface area (Å²) >= 11 is 0. The van der Waals surface area contributed by atoms with E-state index < -0.39 is 5.97 Å². The van der Waals surface area contributed by atoms with Crippen molar-refractivity contribution >= 4 is 27.8 Å². The van der Waals surface area contributed by atoms with E-state index in [4.69, 9.17) is 9.84 Å². The van der Waals surface area contributed by atoms with Crippen LogP contribution in [0.2, 0.25) is 0 Å². The van der Waals surface area contributed by atoms with Crippen LogP contribution < -0.4 is 0 Å². The van der Waals surface area contributed by atoms with Crippen LogP contribution in [0.3, 0.4) is 0 Å². The number of aromatic nitrogens is 2. The molecule has 0 fully saturated rings. The molecule has 2 heterocycles. The Balaban J connectivity index is 2.41. The van der Waals surface area contributed by atoms with Crippen LogP contribution in [0.5, 0.6) is 0 Å². The van der Waals surface area contributed by atoms with Crippen LogP contribution in [0.15, 0.2) is 30.3 Å². The lowest BCUT2D eigenvalue weighted by atomic mass is 10.1. The van der Waals surface area contributed by atoms with Crippen molar-refractivity contribution in [2.45, 2.75) is 6.61 Å². The van der Waals surface area contributed by atoms with E-state index in [0.29, 0.717) is 5.69 Å². The van der Waals surface area contributed by atoms with Crippen molar-refractivity contribution in [3.05, 3.63) is 41.7 Å². The van der Waals surface area contributed by atoms with Crippen LogP contribution in [0.1, 0.15) is 16.2 Å². The molecule has 2 aromatic heterocycles. The Hall–Kier alpha value is -2.40. The number of nitrogens with one attached hydrogen (secondary N) is 1. The van der Waals surface area contributed by atoms with Crippen molar-refractivity contribution in [1.29, 1.82) is 0 Å². The lowest BCUT2D eigenvalue weighted by Crippen LogP contribution is -2.04. The first-order valence-electron chi connectivity index (χ1n) is 5.83. The summed E-state index contributed by atoms with van der Waals surface area (Å²) in [4.78, 5) is 18.5. The molecule has 0 spiro atoms. The van der Waals surface area contributed by atoms with E-state index in [0.717, 1.165) is 21.8 Å². The van der Waals surface area contributed by atoms with Crippen LogP contribution in [0, 0.1) is 0 Å². The van der Waals surface area contributed by atoms with Gasteiger partial charge >= 0.3 is 5.97 Å². The fourth-order valence-electron chi connectivity index (χ4n) is 2.26. The fourth-order valence-corrected chi connectivity index (χ4v) is 2.26. The monoisotopic (exact) mass is 256 g/mol. The maximum Gasteiger partial charge on any atom is 0.354 e. The lowest BCUT2D eigenvalue weighted by molar-refractivity contribution is 0.0690. The third-order valence-corrected chi connectivity index (χ3v) is 3.07. The average molecular weight is 256 g/mol. The minimum Gasteiger partial charge on any atom is -0.477 e. The molecule has 0 aliphatic carbocycles. The number of carbonyl (C=O) groups is 1. The molecule has 0 atom stereocenters. The number of pyridine rings is 1. The number of hydrogen-bond acceptors (Lipinski definition) is 3. The normalized spacial score (nSPS) is 11.2. The highest BCUT2D eigenvalue weighted by Gasteiger charge is 2.14. The van der Waals surface area contributed by atoms with Gasteiger partial charge in [-0.05, 0) is 12.1 Å². The third-order valence-electron chi connectivity index (χ3n) is 3.07. The zero-order chi connectivity index (χ0) is 13.4. The molecule has 0 saturated heterocycles. The van der Waals surface area contributed by atoms with Gasteiger partial charge in [0.05, 0.1) is 17.8 Å². The van der Waals surface area contributed by atoms with E-state index in [1.165, 1.54) is 0 Å². The van der Waals surface area contributed by atoms with Crippen LogP contribution in [-0.4, -0.2) is 28.2 Å². The smallest absolute Gasteiger partial charge is 0.354 e. The fraction of sp³-hybridized carbons (Fsp3) is 0.143. The molecule has 3 rings (SSSR count). The first kappa shape index (κ1) is 11.7. The van der Waals surface area contributed by atoms with Crippen LogP contribution >= 0.6 is 0 Å². The van der Waals surface area contributed by atoms with E-state index in [-0.39, 0.29) is 12.3 Å². The molecule has 0 unspecified atom stereocenters. The van der Waals surface area contributed by atoms with Crippen molar-refractivity contribution in [3.63, 3.8) is 0 Å². The third kappa shape index (κ3) is 1.84. The second-order valence-corrected chi connectivity index (χ2v) is 4.29. The molecule has 0 saturated carbocycles. The Bertz CT molecular complexity index is 777. The van der Waals surface area contributed by atoms with Crippen molar-refractivity contribution < 1.29 is 14.6 Å². The first-order chi connectivity index (χ1) is 9.20. The number of hydrogen-bond donors (Lipinski definition) is 2. The van der Waals surface area contributed by atoms with E-state index in [1.54, 1.807) is 13.2 Å². The highest BCUT2D eigenvalue weighted by molar-refractivity contribution is 6.09. The Morgan fingerprint density at radius 3 is 2.89 bits per heavy atom. The van der Waals surface area contributed by atoms with Gasteiger partial charge in [-0.2, -0.15) is 0 Å². The number of H-pyrrole nitrogens is 1. The van der Waals surface area contributed by atoms with Crippen molar-refractivity contribution in [2.75, 3.05) is 7.11 Å². The molecular weight excluding hydrogens is 244 g/mol. The number of benzene rings is 1. The Kier molecular flexibility index (Phi) is 2.68. The number of aromatic carboxylic acids is 1. The minimum atomic E-state index is -1.04. The quantitative estimate of drug-likeness (QED) is 0.755. The van der Waals surface area contributed by atoms with Gasteiger partial charge < -0.3 is 14.8 Å². The first-order valence-corrected chi connectivity index (χ1v) is 5.83. The summed E-state index contributed by atoms with van der Waals surface area (Å²) in [7, 11) is 1.56. The number of carboxylic acids is 1. The number of para-hydroxylation sites is 1. The van der Waals surface area contributed by atoms with Gasteiger partial charge in [0, 0.05) is 23.4 Å². The standard InChI is InChI=1S/C14H12N2O3/c1-19-7-12-13-9(6-11(15-12)14(17)18)8-4-2-3-5-10(8)16-13/h2-6,16H,7H2,1H3,(H,17,18). The summed E-state index contributed by atoms with van der Waals surface area (Å²) in [6.45, 7) is 0.268. The number of nitrogens with zero attached hydrogens (tertiary/aromatic N) is 1. The Morgan fingerprint density at radius 2 is 2.16 bits per heavy atom. The number of methoxy groups -OCH3 is 1. The van der Waals surface area contributed by atoms with Crippen LogP contribution in [0.4, 0.5) is 0 Å². The van der Waals surface area contributed by atoms with Gasteiger partial charge in [-0.25, -0.2) is 9.78 Å². The zero-order valence-electron chi connectivity index (χ0n) is 10.3. The second kappa shape index (κ2) is 4.37. The Labute approximate surface area is 108 Å². The lowest BCUT2D eigenvalue weighted by Gasteiger charge is -2.03. The van der Waals surface area contributed by atoms with E-state index in [2.05, 4.69) is 9.97 Å². The zero-order valence-corrected chi connectivity index (χ0v) is 10.3. The molecule has 96 valence electrons. The van der Waals surface area contributed by atoms with Gasteiger partial charge in [-0.15, -0.1) is 0 Å². The van der Waals surface area contributed by atoms with Gasteiger partial charge in [0.2, 0.25) is 0 Å². The highest BCUT2D eigenvalue weighted by Crippen LogP contribution is 2.27. The van der Waals surface area contributed by atoms with Crippen LogP contribution in [0.25, 0.3) is 21.8 Å². The molecule has 19 heavy (non-hydrogen) atoms. The second-order valence-electron chi connectivity index (χ2n) is 4.29. The molecule has 0 bridgehead atoms. The maximum atomic E-state index is 11.1. The summed E-state index contributed by atoms with van der Waals surface area (Å²) in [5, 5.41) is 11.0. The number of carboxylic acid groups (broad SMARTS) is 1. The Morgan fingerprint density at radius 1 is 1.37 bits per heavy atom. The minimum absolute atomic E-state index is 0.0318. The van der Waals surface area contributed by atoms with Gasteiger partial charge in [-0.1, -0.05) is 18.2 Å². The predicted octanol–water partition coefficient (Wildman–Crippen LogP) is 2.56. The summed E-state index contributed by atoms with van der Waals surface area (Å²) in [5.74, 6) is -1.04. The van der Waals surface area contributed by atoms with Gasteiger partial charge in [0.25, 0.3) is 0 Å². The van der Waals surface area contributed by atoms with Crippen molar-refractivity contribution in [1.82, 2.24) is 9.97 Å². The number of ether oxygens (including phenoxy) is 1. The van der Waals surface area contributed by atoms with Gasteiger partial charge in [0.1, 0.15) is 5.69 Å². The average Bonchev–Trinajstić information content (AvgIpc) is 2.78. The molecule has 0 radical (unpaired) electrons. The summed E-state index contributed by atoms with van der Waals surface area (Å²) in [6, 6.07) is 9.35. The molecule has 3 aromatic rings. The molecular formula is C14H12N2O3. The van der Waals surface area contributed by atoms with E-state index in [1.807, 2.05) is 24.3 Å². The van der Waals surface area contributed by atoms with Crippen LogP contribution in [-0.2, 0) is 11.3 Å². The highest BCUT2D eigenvalue weighted by atomic mass is 16.5. The molecule has 0 amide bonds. The summed E-state index contributed by atoms with van der Waals surface area (Å²) in [5.41, 5.74) is 2.42. The van der Waals surface area contributed by atoms with Crippen molar-refractivity contribution in [2.24, 2.45) is 0 Å².